The fraction of sp³-hybridized carbons (Fsp3) is 0.588. The molecule has 128 valence electrons. The van der Waals surface area contributed by atoms with Gasteiger partial charge in [-0.25, -0.2) is 4.79 Å². The molecular weight excluding hydrogens is 360 g/mol. The molecule has 0 bridgehead atoms. The van der Waals surface area contributed by atoms with Crippen LogP contribution in [0.15, 0.2) is 22.7 Å². The van der Waals surface area contributed by atoms with Crippen LogP contribution in [0, 0.1) is 0 Å². The molecule has 0 unspecified atom stereocenters. The molecule has 1 aromatic carbocycles. The van der Waals surface area contributed by atoms with Crippen LogP contribution in [0.1, 0.15) is 39.2 Å². The summed E-state index contributed by atoms with van der Waals surface area (Å²) in [7, 11) is 1.69. The minimum Gasteiger partial charge on any atom is -0.444 e. The predicted octanol–water partition coefficient (Wildman–Crippen LogP) is 4.06. The highest BCUT2D eigenvalue weighted by molar-refractivity contribution is 9.10. The molecule has 1 fully saturated rings. The highest BCUT2D eigenvalue weighted by Gasteiger charge is 2.32. The molecule has 2 rings (SSSR count). The predicted molar refractivity (Wildman–Crippen MR) is 94.7 cm³/mol. The lowest BCUT2D eigenvalue weighted by Gasteiger charge is -2.37. The summed E-state index contributed by atoms with van der Waals surface area (Å²) in [6.07, 6.45) is 1.43. The lowest BCUT2D eigenvalue weighted by molar-refractivity contribution is 0.0475. The van der Waals surface area contributed by atoms with Gasteiger partial charge in [0.25, 0.3) is 0 Å². The molecule has 23 heavy (non-hydrogen) atoms. The van der Waals surface area contributed by atoms with E-state index in [-0.39, 0.29) is 12.1 Å². The fourth-order valence-electron chi connectivity index (χ4n) is 2.53. The molecule has 0 spiro atoms. The molecule has 1 saturated carbocycles. The summed E-state index contributed by atoms with van der Waals surface area (Å²) in [6, 6.07) is 6.57. The Morgan fingerprint density at radius 2 is 2.00 bits per heavy atom. The number of ether oxygens (including phenoxy) is 2. The lowest BCUT2D eigenvalue weighted by atomic mass is 9.86. The van der Waals surface area contributed by atoms with E-state index in [1.807, 2.05) is 39.0 Å². The van der Waals surface area contributed by atoms with Gasteiger partial charge in [-0.05, 0) is 45.7 Å². The van der Waals surface area contributed by atoms with Crippen LogP contribution in [0.3, 0.4) is 0 Å². The van der Waals surface area contributed by atoms with Crippen molar-refractivity contribution in [1.82, 2.24) is 5.32 Å². The number of amides is 1. The summed E-state index contributed by atoms with van der Waals surface area (Å²) in [5, 5.41) is 6.43. The zero-order chi connectivity index (χ0) is 17.0. The number of hydrogen-bond acceptors (Lipinski definition) is 4. The Bertz CT molecular complexity index is 551. The zero-order valence-corrected chi connectivity index (χ0v) is 15.7. The normalized spacial score (nSPS) is 20.6. The van der Waals surface area contributed by atoms with E-state index >= 15 is 0 Å². The van der Waals surface area contributed by atoms with Gasteiger partial charge in [-0.3, -0.25) is 0 Å². The third kappa shape index (κ3) is 5.39. The summed E-state index contributed by atoms with van der Waals surface area (Å²) in [5.74, 6) is 0. The fourth-order valence-corrected chi connectivity index (χ4v) is 3.01. The molecule has 0 atom stereocenters. The Hall–Kier alpha value is -1.27. The first-order valence-electron chi connectivity index (χ1n) is 7.81. The second-order valence-corrected chi connectivity index (χ2v) is 7.71. The van der Waals surface area contributed by atoms with Gasteiger partial charge in [-0.15, -0.1) is 0 Å². The van der Waals surface area contributed by atoms with Crippen molar-refractivity contribution in [2.45, 2.75) is 57.9 Å². The SMILES string of the molecule is COCc1c(Br)cccc1NC1CC(NC(=O)OC(C)(C)C)C1. The van der Waals surface area contributed by atoms with Crippen molar-refractivity contribution in [3.05, 3.63) is 28.2 Å². The van der Waals surface area contributed by atoms with Gasteiger partial charge in [0.1, 0.15) is 5.60 Å². The third-order valence-electron chi connectivity index (χ3n) is 3.63. The van der Waals surface area contributed by atoms with Crippen molar-refractivity contribution < 1.29 is 14.3 Å². The number of carbonyl (C=O) groups excluding carboxylic acids is 1. The van der Waals surface area contributed by atoms with E-state index in [1.54, 1.807) is 7.11 Å². The first-order valence-corrected chi connectivity index (χ1v) is 8.60. The van der Waals surface area contributed by atoms with Gasteiger partial charge in [-0.1, -0.05) is 22.0 Å². The number of halogens is 1. The van der Waals surface area contributed by atoms with Crippen molar-refractivity contribution in [1.29, 1.82) is 0 Å². The van der Waals surface area contributed by atoms with Gasteiger partial charge in [0.05, 0.1) is 6.61 Å². The molecule has 6 heteroatoms. The summed E-state index contributed by atoms with van der Waals surface area (Å²) >= 11 is 3.56. The Morgan fingerprint density at radius 1 is 1.30 bits per heavy atom. The zero-order valence-electron chi connectivity index (χ0n) is 14.1. The summed E-state index contributed by atoms with van der Waals surface area (Å²) < 4.78 is 11.6. The molecule has 0 aliphatic heterocycles. The minimum atomic E-state index is -0.461. The largest absolute Gasteiger partial charge is 0.444 e. The molecule has 1 aromatic rings. The van der Waals surface area contributed by atoms with Gasteiger partial charge >= 0.3 is 6.09 Å². The number of methoxy groups -OCH3 is 1. The number of nitrogens with one attached hydrogen (secondary N) is 2. The first-order chi connectivity index (χ1) is 10.8. The van der Waals surface area contributed by atoms with E-state index in [9.17, 15) is 4.79 Å². The smallest absolute Gasteiger partial charge is 0.407 e. The summed E-state index contributed by atoms with van der Waals surface area (Å²) in [4.78, 5) is 11.7. The van der Waals surface area contributed by atoms with Gasteiger partial charge < -0.3 is 20.1 Å². The molecular formula is C17H25BrN2O3. The molecule has 0 saturated heterocycles. The number of carbonyl (C=O) groups is 1. The van der Waals surface area contributed by atoms with E-state index in [0.29, 0.717) is 12.6 Å². The van der Waals surface area contributed by atoms with Crippen molar-refractivity contribution in [2.24, 2.45) is 0 Å². The van der Waals surface area contributed by atoms with Crippen molar-refractivity contribution in [3.8, 4) is 0 Å². The number of benzene rings is 1. The van der Waals surface area contributed by atoms with Crippen molar-refractivity contribution in [3.63, 3.8) is 0 Å². The average molecular weight is 385 g/mol. The van der Waals surface area contributed by atoms with Crippen LogP contribution in [0.5, 0.6) is 0 Å². The Morgan fingerprint density at radius 3 is 2.61 bits per heavy atom. The van der Waals surface area contributed by atoms with E-state index < -0.39 is 5.60 Å². The van der Waals surface area contributed by atoms with Crippen LogP contribution >= 0.6 is 15.9 Å². The van der Waals surface area contributed by atoms with Crippen LogP contribution in [0.25, 0.3) is 0 Å². The summed E-state index contributed by atoms with van der Waals surface area (Å²) in [6.45, 7) is 6.14. The third-order valence-corrected chi connectivity index (χ3v) is 4.37. The Labute approximate surface area is 146 Å². The van der Waals surface area contributed by atoms with Crippen molar-refractivity contribution >= 4 is 27.7 Å². The van der Waals surface area contributed by atoms with Crippen LogP contribution in [-0.4, -0.2) is 30.9 Å². The van der Waals surface area contributed by atoms with E-state index in [4.69, 9.17) is 9.47 Å². The van der Waals surface area contributed by atoms with Crippen LogP contribution in [0.4, 0.5) is 10.5 Å². The maximum atomic E-state index is 11.7. The van der Waals surface area contributed by atoms with E-state index in [1.165, 1.54) is 0 Å². The molecule has 0 radical (unpaired) electrons. The standard InChI is InChI=1S/C17H25BrN2O3/c1-17(2,3)23-16(21)20-12-8-11(9-12)19-15-7-5-6-14(18)13(15)10-22-4/h5-7,11-12,19H,8-10H2,1-4H3,(H,20,21). The van der Waals surface area contributed by atoms with Crippen molar-refractivity contribution in [2.75, 3.05) is 12.4 Å². The molecule has 0 aromatic heterocycles. The highest BCUT2D eigenvalue weighted by atomic mass is 79.9. The quantitative estimate of drug-likeness (QED) is 0.803. The number of alkyl carbamates (subject to hydrolysis) is 1. The second-order valence-electron chi connectivity index (χ2n) is 6.85. The second kappa shape index (κ2) is 7.53. The topological polar surface area (TPSA) is 59.6 Å². The first kappa shape index (κ1) is 18.1. The van der Waals surface area contributed by atoms with Gasteiger partial charge in [0.2, 0.25) is 0 Å². The number of rotatable bonds is 5. The Balaban J connectivity index is 1.83. The van der Waals surface area contributed by atoms with Crippen LogP contribution in [0.2, 0.25) is 0 Å². The monoisotopic (exact) mass is 384 g/mol. The van der Waals surface area contributed by atoms with E-state index in [2.05, 4.69) is 26.6 Å². The average Bonchev–Trinajstić information content (AvgIpc) is 2.38. The van der Waals surface area contributed by atoms with Gasteiger partial charge in [-0.2, -0.15) is 0 Å². The van der Waals surface area contributed by atoms with Crippen LogP contribution in [-0.2, 0) is 16.1 Å². The lowest BCUT2D eigenvalue weighted by Crippen LogP contribution is -2.50. The molecule has 1 amide bonds. The number of anilines is 1. The number of hydrogen-bond donors (Lipinski definition) is 2. The molecule has 1 aliphatic rings. The maximum absolute atomic E-state index is 11.7. The molecule has 2 N–H and O–H groups in total. The Kier molecular flexibility index (Phi) is 5.92. The van der Waals surface area contributed by atoms with Gasteiger partial charge in [0.15, 0.2) is 0 Å². The van der Waals surface area contributed by atoms with E-state index in [0.717, 1.165) is 28.6 Å². The minimum absolute atomic E-state index is 0.167. The molecule has 5 nitrogen and oxygen atoms in total. The molecule has 0 heterocycles. The van der Waals surface area contributed by atoms with Crippen LogP contribution < -0.4 is 10.6 Å². The summed E-state index contributed by atoms with van der Waals surface area (Å²) in [5.41, 5.74) is 1.72. The highest BCUT2D eigenvalue weighted by Crippen LogP contribution is 2.30. The maximum Gasteiger partial charge on any atom is 0.407 e. The van der Waals surface area contributed by atoms with Gasteiger partial charge in [0, 0.05) is 34.9 Å². The molecule has 1 aliphatic carbocycles.